The third kappa shape index (κ3) is 2.31. The third-order valence-corrected chi connectivity index (χ3v) is 2.43. The van der Waals surface area contributed by atoms with Crippen molar-refractivity contribution < 1.29 is 37.2 Å². The van der Waals surface area contributed by atoms with Crippen molar-refractivity contribution in [1.82, 2.24) is 0 Å². The number of halogens is 1. The van der Waals surface area contributed by atoms with E-state index in [-0.39, 0.29) is 32.9 Å². The zero-order chi connectivity index (χ0) is 10.1. The summed E-state index contributed by atoms with van der Waals surface area (Å²) in [6.45, 7) is 0. The van der Waals surface area contributed by atoms with Crippen molar-refractivity contribution in [3.8, 4) is 0 Å². The molecule has 2 aromatic rings. The second kappa shape index (κ2) is 4.94. The first-order valence-electron chi connectivity index (χ1n) is 4.10. The van der Waals surface area contributed by atoms with Gasteiger partial charge in [0.1, 0.15) is 0 Å². The summed E-state index contributed by atoms with van der Waals surface area (Å²) >= 11 is 5.94. The van der Waals surface area contributed by atoms with Crippen LogP contribution in [0.25, 0.3) is 10.8 Å². The number of carboxylic acid groups (broad SMARTS) is 1. The topological polar surface area (TPSA) is 37.3 Å². The van der Waals surface area contributed by atoms with Crippen LogP contribution in [0.4, 0.5) is 0 Å². The van der Waals surface area contributed by atoms with E-state index in [9.17, 15) is 4.79 Å². The zero-order valence-corrected chi connectivity index (χ0v) is 12.7. The van der Waals surface area contributed by atoms with Gasteiger partial charge in [0.25, 0.3) is 0 Å². The maximum absolute atomic E-state index is 10.9. The number of hydrogen-bond acceptors (Lipinski definition) is 1. The van der Waals surface area contributed by atoms with E-state index in [1.54, 1.807) is 30.3 Å². The van der Waals surface area contributed by atoms with E-state index < -0.39 is 5.97 Å². The molecule has 0 amide bonds. The summed E-state index contributed by atoms with van der Waals surface area (Å²) in [5, 5.41) is 11.0. The molecule has 0 saturated heterocycles. The molecule has 0 radical (unpaired) electrons. The minimum absolute atomic E-state index is 0. The minimum Gasteiger partial charge on any atom is -0.478 e. The monoisotopic (exact) mass is 320 g/mol. The number of fused-ring (bicyclic) bond motifs is 1. The molecule has 72 valence electrons. The van der Waals surface area contributed by atoms with Gasteiger partial charge in [-0.25, -0.2) is 4.79 Å². The molecule has 2 nitrogen and oxygen atoms in total. The molecule has 0 atom stereocenters. The number of rotatable bonds is 1. The number of benzene rings is 2. The second-order valence-corrected chi connectivity index (χ2v) is 3.35. The van der Waals surface area contributed by atoms with Gasteiger partial charge in [0, 0.05) is 37.7 Å². The average Bonchev–Trinajstić information content (AvgIpc) is 2.17. The summed E-state index contributed by atoms with van der Waals surface area (Å²) in [5.74, 6) is -0.933. The van der Waals surface area contributed by atoms with Crippen molar-refractivity contribution in [2.75, 3.05) is 0 Å². The van der Waals surface area contributed by atoms with Gasteiger partial charge in [-0.1, -0.05) is 35.9 Å². The fraction of sp³-hybridized carbons (Fsp3) is 0. The second-order valence-electron chi connectivity index (χ2n) is 2.95. The van der Waals surface area contributed by atoms with E-state index >= 15 is 0 Å². The van der Waals surface area contributed by atoms with Crippen LogP contribution in [0.1, 0.15) is 10.4 Å². The zero-order valence-electron chi connectivity index (χ0n) is 7.90. The number of hydrogen-bond donors (Lipinski definition) is 1. The predicted octanol–water partition coefficient (Wildman–Crippen LogP) is 3.19. The van der Waals surface area contributed by atoms with Crippen molar-refractivity contribution in [3.05, 3.63) is 47.0 Å². The summed E-state index contributed by atoms with van der Waals surface area (Å²) in [4.78, 5) is 10.9. The van der Waals surface area contributed by atoms with Crippen molar-refractivity contribution in [3.63, 3.8) is 0 Å². The maximum atomic E-state index is 10.9. The number of carboxylic acids is 1. The molecular formula is C11H7CdClO2. The van der Waals surface area contributed by atoms with Gasteiger partial charge in [-0.15, -0.1) is 0 Å². The van der Waals surface area contributed by atoms with Crippen molar-refractivity contribution in [2.24, 2.45) is 0 Å². The molecule has 15 heavy (non-hydrogen) atoms. The van der Waals surface area contributed by atoms with Crippen LogP contribution < -0.4 is 0 Å². The van der Waals surface area contributed by atoms with E-state index in [4.69, 9.17) is 16.7 Å². The minimum atomic E-state index is -0.933. The van der Waals surface area contributed by atoms with E-state index in [1.807, 2.05) is 6.07 Å². The first-order valence-corrected chi connectivity index (χ1v) is 4.48. The van der Waals surface area contributed by atoms with Gasteiger partial charge in [-0.05, 0) is 17.5 Å². The molecule has 1 N–H and O–H groups in total. The molecule has 0 spiro atoms. The average molecular weight is 319 g/mol. The fourth-order valence-corrected chi connectivity index (χ4v) is 1.70. The Hall–Kier alpha value is -0.618. The van der Waals surface area contributed by atoms with E-state index in [2.05, 4.69) is 0 Å². The smallest absolute Gasteiger partial charge is 0.336 e. The summed E-state index contributed by atoms with van der Waals surface area (Å²) < 4.78 is 0. The Morgan fingerprint density at radius 2 is 1.67 bits per heavy atom. The van der Waals surface area contributed by atoms with Gasteiger partial charge in [-0.2, -0.15) is 0 Å². The normalized spacial score (nSPS) is 9.67. The molecule has 0 unspecified atom stereocenters. The maximum Gasteiger partial charge on any atom is 0.336 e. The Balaban J connectivity index is 0.00000112. The van der Waals surface area contributed by atoms with E-state index in [1.165, 1.54) is 0 Å². The molecule has 0 aliphatic heterocycles. The summed E-state index contributed by atoms with van der Waals surface area (Å²) in [6.07, 6.45) is 0. The fourth-order valence-electron chi connectivity index (χ4n) is 1.46. The van der Waals surface area contributed by atoms with Crippen LogP contribution in [0.15, 0.2) is 36.4 Å². The Labute approximate surface area is 112 Å². The van der Waals surface area contributed by atoms with Gasteiger partial charge in [0.05, 0.1) is 5.56 Å². The van der Waals surface area contributed by atoms with Gasteiger partial charge in [0.2, 0.25) is 0 Å². The van der Waals surface area contributed by atoms with Crippen molar-refractivity contribution in [1.29, 1.82) is 0 Å². The molecule has 0 bridgehead atoms. The molecule has 0 aliphatic rings. The van der Waals surface area contributed by atoms with Crippen LogP contribution in [-0.4, -0.2) is 11.1 Å². The summed E-state index contributed by atoms with van der Waals surface area (Å²) in [5.41, 5.74) is 0.282. The molecule has 0 saturated carbocycles. The molecule has 2 rings (SSSR count). The Morgan fingerprint density at radius 3 is 2.33 bits per heavy atom. The van der Waals surface area contributed by atoms with Crippen LogP contribution in [0.2, 0.25) is 5.02 Å². The summed E-state index contributed by atoms with van der Waals surface area (Å²) in [7, 11) is 0. The Morgan fingerprint density at radius 1 is 1.07 bits per heavy atom. The van der Waals surface area contributed by atoms with Crippen LogP contribution in [-0.2, 0) is 27.3 Å². The number of carbonyl (C=O) groups is 1. The van der Waals surface area contributed by atoms with Gasteiger partial charge < -0.3 is 5.11 Å². The van der Waals surface area contributed by atoms with E-state index in [0.717, 1.165) is 5.39 Å². The third-order valence-electron chi connectivity index (χ3n) is 2.10. The molecular weight excluding hydrogens is 312 g/mol. The van der Waals surface area contributed by atoms with Crippen LogP contribution >= 0.6 is 11.6 Å². The SMILES string of the molecule is O=C(O)c1cccc2c(Cl)cccc12.[Cd]. The van der Waals surface area contributed by atoms with Crippen LogP contribution in [0.3, 0.4) is 0 Å². The van der Waals surface area contributed by atoms with Crippen LogP contribution in [0.5, 0.6) is 0 Å². The quantitative estimate of drug-likeness (QED) is 0.820. The van der Waals surface area contributed by atoms with Gasteiger partial charge in [0.15, 0.2) is 0 Å². The number of aromatic carboxylic acids is 1. The molecule has 2 aromatic carbocycles. The van der Waals surface area contributed by atoms with E-state index in [0.29, 0.717) is 10.4 Å². The van der Waals surface area contributed by atoms with Crippen molar-refractivity contribution in [2.45, 2.75) is 0 Å². The van der Waals surface area contributed by atoms with Gasteiger partial charge >= 0.3 is 5.97 Å². The largest absolute Gasteiger partial charge is 0.478 e. The van der Waals surface area contributed by atoms with Gasteiger partial charge in [-0.3, -0.25) is 0 Å². The molecule has 0 aliphatic carbocycles. The van der Waals surface area contributed by atoms with Crippen molar-refractivity contribution >= 4 is 28.3 Å². The molecule has 0 aromatic heterocycles. The molecule has 0 heterocycles. The first kappa shape index (κ1) is 12.5. The molecule has 4 heteroatoms. The Kier molecular flexibility index (Phi) is 4.10. The summed E-state index contributed by atoms with van der Waals surface area (Å²) in [6, 6.07) is 10.3. The van der Waals surface area contributed by atoms with Crippen LogP contribution in [0, 0.1) is 0 Å². The Bertz CT molecular complexity index is 511. The first-order chi connectivity index (χ1) is 6.70. The predicted molar refractivity (Wildman–Crippen MR) is 55.9 cm³/mol. The standard InChI is InChI=1S/C11H7ClO2.Cd/c12-10-6-2-3-7-8(10)4-1-5-9(7)11(13)14;/h1-6H,(H,13,14);. The molecule has 0 fully saturated rings.